The van der Waals surface area contributed by atoms with Gasteiger partial charge in [-0.1, -0.05) is 38.0 Å². The molecule has 1 fully saturated rings. The van der Waals surface area contributed by atoms with Crippen LogP contribution in [-0.2, 0) is 0 Å². The first-order valence-corrected chi connectivity index (χ1v) is 7.07. The van der Waals surface area contributed by atoms with Gasteiger partial charge in [0.05, 0.1) is 0 Å². The molecule has 0 spiro atoms. The third kappa shape index (κ3) is 4.71. The summed E-state index contributed by atoms with van der Waals surface area (Å²) in [5, 5.41) is 3.34. The van der Waals surface area contributed by atoms with Crippen LogP contribution in [-0.4, -0.2) is 12.9 Å². The Morgan fingerprint density at radius 2 is 2.00 bits per heavy atom. The Labute approximate surface area is 117 Å². The van der Waals surface area contributed by atoms with Gasteiger partial charge < -0.3 is 10.1 Å². The normalized spacial score (nSPS) is 17.0. The first kappa shape index (κ1) is 15.2. The predicted octanol–water partition coefficient (Wildman–Crippen LogP) is 4.43. The number of rotatable bonds is 7. The predicted molar refractivity (Wildman–Crippen MR) is 71.5 cm³/mol. The Bertz CT molecular complexity index is 429. The van der Waals surface area contributed by atoms with Gasteiger partial charge in [-0.15, -0.1) is 13.2 Å². The third-order valence-corrected chi connectivity index (χ3v) is 3.43. The first-order chi connectivity index (χ1) is 9.49. The molecule has 0 aliphatic heterocycles. The Balaban J connectivity index is 2.17. The lowest BCUT2D eigenvalue weighted by Gasteiger charge is -2.22. The van der Waals surface area contributed by atoms with Crippen LogP contribution in [0.15, 0.2) is 24.3 Å². The summed E-state index contributed by atoms with van der Waals surface area (Å²) in [5.41, 5.74) is 0.602. The van der Waals surface area contributed by atoms with Gasteiger partial charge >= 0.3 is 6.36 Å². The molecule has 2 rings (SSSR count). The highest BCUT2D eigenvalue weighted by Crippen LogP contribution is 2.40. The Morgan fingerprint density at radius 1 is 1.30 bits per heavy atom. The summed E-state index contributed by atoms with van der Waals surface area (Å²) in [6.07, 6.45) is -0.480. The van der Waals surface area contributed by atoms with E-state index in [-0.39, 0.29) is 11.8 Å². The number of benzene rings is 1. The summed E-state index contributed by atoms with van der Waals surface area (Å²) in [6, 6.07) is 6.36. The molecular weight excluding hydrogens is 267 g/mol. The molecule has 1 aliphatic rings. The standard InChI is InChI=1S/C15H20F3NO/c1-2-9-19-13(10-11-7-8-11)12-5-3-4-6-14(12)20-15(16,17)18/h3-6,11,13,19H,2,7-10H2,1H3. The van der Waals surface area contributed by atoms with Crippen molar-refractivity contribution in [2.24, 2.45) is 5.92 Å². The van der Waals surface area contributed by atoms with Crippen LogP contribution in [0.2, 0.25) is 0 Å². The van der Waals surface area contributed by atoms with Crippen molar-refractivity contribution in [2.45, 2.75) is 45.0 Å². The maximum absolute atomic E-state index is 12.5. The SMILES string of the molecule is CCCNC(CC1CC1)c1ccccc1OC(F)(F)F. The van der Waals surface area contributed by atoms with Crippen LogP contribution in [0, 0.1) is 5.92 Å². The van der Waals surface area contributed by atoms with Crippen LogP contribution in [0.5, 0.6) is 5.75 Å². The highest BCUT2D eigenvalue weighted by Gasteiger charge is 2.34. The second kappa shape index (κ2) is 6.48. The lowest BCUT2D eigenvalue weighted by molar-refractivity contribution is -0.275. The number of hydrogen-bond acceptors (Lipinski definition) is 2. The molecule has 112 valence electrons. The van der Waals surface area contributed by atoms with Crippen LogP contribution >= 0.6 is 0 Å². The molecule has 0 aromatic heterocycles. The van der Waals surface area contributed by atoms with Gasteiger partial charge in [0.15, 0.2) is 0 Å². The molecule has 1 atom stereocenters. The van der Waals surface area contributed by atoms with E-state index in [1.54, 1.807) is 18.2 Å². The van der Waals surface area contributed by atoms with E-state index in [0.717, 1.165) is 19.4 Å². The van der Waals surface area contributed by atoms with Gasteiger partial charge in [0.2, 0.25) is 0 Å². The quantitative estimate of drug-likeness (QED) is 0.801. The molecular formula is C15H20F3NO. The maximum atomic E-state index is 12.5. The van der Waals surface area contributed by atoms with Gasteiger partial charge in [0.25, 0.3) is 0 Å². The molecule has 1 aliphatic carbocycles. The maximum Gasteiger partial charge on any atom is 0.573 e. The van der Waals surface area contributed by atoms with E-state index >= 15 is 0 Å². The lowest BCUT2D eigenvalue weighted by atomic mass is 10.00. The van der Waals surface area contributed by atoms with Crippen molar-refractivity contribution < 1.29 is 17.9 Å². The number of para-hydroxylation sites is 1. The molecule has 5 heteroatoms. The highest BCUT2D eigenvalue weighted by atomic mass is 19.4. The van der Waals surface area contributed by atoms with Crippen molar-refractivity contribution in [2.75, 3.05) is 6.54 Å². The van der Waals surface area contributed by atoms with E-state index in [2.05, 4.69) is 10.1 Å². The monoisotopic (exact) mass is 287 g/mol. The van der Waals surface area contributed by atoms with E-state index < -0.39 is 6.36 Å². The van der Waals surface area contributed by atoms with Crippen molar-refractivity contribution in [1.29, 1.82) is 0 Å². The van der Waals surface area contributed by atoms with Crippen LogP contribution in [0.25, 0.3) is 0 Å². The van der Waals surface area contributed by atoms with E-state index in [1.807, 2.05) is 6.92 Å². The van der Waals surface area contributed by atoms with Gasteiger partial charge in [-0.25, -0.2) is 0 Å². The number of nitrogens with one attached hydrogen (secondary N) is 1. The lowest BCUT2D eigenvalue weighted by Crippen LogP contribution is -2.25. The summed E-state index contributed by atoms with van der Waals surface area (Å²) in [6.45, 7) is 2.83. The fourth-order valence-corrected chi connectivity index (χ4v) is 2.31. The first-order valence-electron chi connectivity index (χ1n) is 7.07. The zero-order chi connectivity index (χ0) is 14.6. The minimum atomic E-state index is -4.65. The molecule has 1 saturated carbocycles. The molecule has 0 amide bonds. The number of ether oxygens (including phenoxy) is 1. The molecule has 0 radical (unpaired) electrons. The van der Waals surface area contributed by atoms with Crippen molar-refractivity contribution in [3.05, 3.63) is 29.8 Å². The molecule has 2 nitrogen and oxygen atoms in total. The fourth-order valence-electron chi connectivity index (χ4n) is 2.31. The topological polar surface area (TPSA) is 21.3 Å². The summed E-state index contributed by atoms with van der Waals surface area (Å²) in [4.78, 5) is 0. The Morgan fingerprint density at radius 3 is 2.60 bits per heavy atom. The second-order valence-electron chi connectivity index (χ2n) is 5.27. The second-order valence-corrected chi connectivity index (χ2v) is 5.27. The summed E-state index contributed by atoms with van der Waals surface area (Å²) >= 11 is 0. The molecule has 0 heterocycles. The number of hydrogen-bond donors (Lipinski definition) is 1. The average Bonchev–Trinajstić information content (AvgIpc) is 3.17. The van der Waals surface area contributed by atoms with E-state index in [4.69, 9.17) is 0 Å². The van der Waals surface area contributed by atoms with Gasteiger partial charge in [0, 0.05) is 11.6 Å². The summed E-state index contributed by atoms with van der Waals surface area (Å²) in [7, 11) is 0. The van der Waals surface area contributed by atoms with Crippen molar-refractivity contribution in [1.82, 2.24) is 5.32 Å². The molecule has 1 aromatic rings. The van der Waals surface area contributed by atoms with E-state index in [0.29, 0.717) is 11.5 Å². The van der Waals surface area contributed by atoms with Crippen LogP contribution in [0.1, 0.15) is 44.2 Å². The van der Waals surface area contributed by atoms with Gasteiger partial charge in [-0.05, 0) is 31.4 Å². The third-order valence-electron chi connectivity index (χ3n) is 3.43. The molecule has 0 saturated heterocycles. The number of halogens is 3. The molecule has 0 bridgehead atoms. The van der Waals surface area contributed by atoms with Crippen LogP contribution in [0.3, 0.4) is 0 Å². The van der Waals surface area contributed by atoms with Gasteiger partial charge in [-0.3, -0.25) is 0 Å². The molecule has 1 unspecified atom stereocenters. The van der Waals surface area contributed by atoms with Crippen molar-refractivity contribution >= 4 is 0 Å². The summed E-state index contributed by atoms with van der Waals surface area (Å²) in [5.74, 6) is 0.539. The molecule has 1 aromatic carbocycles. The van der Waals surface area contributed by atoms with Crippen molar-refractivity contribution in [3.8, 4) is 5.75 Å². The largest absolute Gasteiger partial charge is 0.573 e. The van der Waals surface area contributed by atoms with Crippen LogP contribution in [0.4, 0.5) is 13.2 Å². The zero-order valence-electron chi connectivity index (χ0n) is 11.5. The van der Waals surface area contributed by atoms with Crippen molar-refractivity contribution in [3.63, 3.8) is 0 Å². The highest BCUT2D eigenvalue weighted by molar-refractivity contribution is 5.36. The number of alkyl halides is 3. The minimum Gasteiger partial charge on any atom is -0.405 e. The molecule has 1 N–H and O–H groups in total. The minimum absolute atomic E-state index is 0.0685. The van der Waals surface area contributed by atoms with E-state index in [9.17, 15) is 13.2 Å². The van der Waals surface area contributed by atoms with Gasteiger partial charge in [-0.2, -0.15) is 0 Å². The molecule has 20 heavy (non-hydrogen) atoms. The average molecular weight is 287 g/mol. The fraction of sp³-hybridized carbons (Fsp3) is 0.600. The smallest absolute Gasteiger partial charge is 0.405 e. The zero-order valence-corrected chi connectivity index (χ0v) is 11.5. The summed E-state index contributed by atoms with van der Waals surface area (Å²) < 4.78 is 41.6. The van der Waals surface area contributed by atoms with Gasteiger partial charge in [0.1, 0.15) is 5.75 Å². The Kier molecular flexibility index (Phi) is 4.91. The van der Waals surface area contributed by atoms with Crippen LogP contribution < -0.4 is 10.1 Å². The Hall–Kier alpha value is -1.23. The van der Waals surface area contributed by atoms with E-state index in [1.165, 1.54) is 18.9 Å².